The van der Waals surface area contributed by atoms with Gasteiger partial charge in [-0.3, -0.25) is 4.79 Å². The molecule has 1 amide bonds. The third kappa shape index (κ3) is 2.69. The average molecular weight is 250 g/mol. The van der Waals surface area contributed by atoms with Crippen LogP contribution in [-0.4, -0.2) is 47.0 Å². The van der Waals surface area contributed by atoms with Gasteiger partial charge in [0.15, 0.2) is 0 Å². The first-order valence-corrected chi connectivity index (χ1v) is 6.10. The van der Waals surface area contributed by atoms with Crippen LogP contribution in [0.15, 0.2) is 6.07 Å². The number of nitrogens with one attached hydrogen (secondary N) is 1. The average Bonchev–Trinajstić information content (AvgIpc) is 2.61. The van der Waals surface area contributed by atoms with Crippen molar-refractivity contribution in [3.05, 3.63) is 11.9 Å². The number of amides is 1. The normalized spacial score (nSPS) is 19.2. The van der Waals surface area contributed by atoms with Gasteiger partial charge in [-0.25, -0.2) is 4.98 Å². The van der Waals surface area contributed by atoms with Gasteiger partial charge in [-0.2, -0.15) is 4.98 Å². The molecule has 0 bridgehead atoms. The van der Waals surface area contributed by atoms with Crippen LogP contribution in [0.1, 0.15) is 19.2 Å². The van der Waals surface area contributed by atoms with Gasteiger partial charge in [-0.15, -0.1) is 0 Å². The molecule has 1 aromatic rings. The quantitative estimate of drug-likeness (QED) is 0.857. The number of nitrogens with zero attached hydrogens (tertiary/aromatic N) is 3. The molecule has 1 atom stereocenters. The van der Waals surface area contributed by atoms with Gasteiger partial charge in [0, 0.05) is 19.7 Å². The van der Waals surface area contributed by atoms with Gasteiger partial charge >= 0.3 is 0 Å². The summed E-state index contributed by atoms with van der Waals surface area (Å²) in [6.07, 6.45) is 0.794. The molecule has 6 nitrogen and oxygen atoms in total. The third-order valence-electron chi connectivity index (χ3n) is 2.86. The van der Waals surface area contributed by atoms with Gasteiger partial charge in [0.1, 0.15) is 17.7 Å². The number of likely N-dealkylation sites (N-methyl/N-ethyl adjacent to an activating group) is 1. The smallest absolute Gasteiger partial charge is 0.244 e. The van der Waals surface area contributed by atoms with Gasteiger partial charge in [-0.1, -0.05) is 0 Å². The highest BCUT2D eigenvalue weighted by molar-refractivity contribution is 5.86. The van der Waals surface area contributed by atoms with Gasteiger partial charge < -0.3 is 15.0 Å². The highest BCUT2D eigenvalue weighted by Crippen LogP contribution is 2.18. The first kappa shape index (κ1) is 12.6. The summed E-state index contributed by atoms with van der Waals surface area (Å²) in [4.78, 5) is 21.9. The Hall–Kier alpha value is -1.85. The number of hydrogen-bond acceptors (Lipinski definition) is 5. The van der Waals surface area contributed by atoms with E-state index in [1.165, 1.54) is 0 Å². The Labute approximate surface area is 106 Å². The Morgan fingerprint density at radius 2 is 2.33 bits per heavy atom. The summed E-state index contributed by atoms with van der Waals surface area (Å²) in [7, 11) is 1.81. The molecule has 1 aromatic heterocycles. The molecule has 98 valence electrons. The van der Waals surface area contributed by atoms with Crippen LogP contribution in [-0.2, 0) is 4.79 Å². The molecule has 2 heterocycles. The zero-order valence-corrected chi connectivity index (χ0v) is 10.9. The lowest BCUT2D eigenvalue weighted by Gasteiger charge is -2.13. The van der Waals surface area contributed by atoms with Crippen LogP contribution in [0.2, 0.25) is 0 Å². The fourth-order valence-corrected chi connectivity index (χ4v) is 1.97. The summed E-state index contributed by atoms with van der Waals surface area (Å²) in [6, 6.07) is 1.53. The van der Waals surface area contributed by atoms with Gasteiger partial charge in [0.05, 0.1) is 6.61 Å². The maximum atomic E-state index is 11.8. The molecule has 18 heavy (non-hydrogen) atoms. The minimum absolute atomic E-state index is 0.101. The van der Waals surface area contributed by atoms with Crippen molar-refractivity contribution >= 4 is 11.7 Å². The number of carbonyl (C=O) groups is 1. The number of rotatable bonds is 4. The molecule has 1 fully saturated rings. The van der Waals surface area contributed by atoms with Crippen LogP contribution in [0, 0.1) is 6.92 Å². The molecule has 2 rings (SSSR count). The zero-order valence-electron chi connectivity index (χ0n) is 10.9. The van der Waals surface area contributed by atoms with E-state index in [0.717, 1.165) is 13.0 Å². The number of ether oxygens (including phenoxy) is 1. The summed E-state index contributed by atoms with van der Waals surface area (Å²) in [5, 5.41) is 3.14. The predicted molar refractivity (Wildman–Crippen MR) is 67.6 cm³/mol. The van der Waals surface area contributed by atoms with Crippen molar-refractivity contribution in [1.29, 1.82) is 0 Å². The van der Waals surface area contributed by atoms with E-state index >= 15 is 0 Å². The standard InChI is InChI=1S/C12H18N4O2/c1-4-18-11-7-10(13-8(2)14-11)15-9-5-6-16(3)12(9)17/h7,9H,4-6H2,1-3H3,(H,13,14,15). The third-order valence-corrected chi connectivity index (χ3v) is 2.86. The minimum atomic E-state index is -0.196. The van der Waals surface area contributed by atoms with Crippen molar-refractivity contribution < 1.29 is 9.53 Å². The molecular formula is C12H18N4O2. The highest BCUT2D eigenvalue weighted by Gasteiger charge is 2.29. The molecule has 1 unspecified atom stereocenters. The lowest BCUT2D eigenvalue weighted by Crippen LogP contribution is -2.31. The van der Waals surface area contributed by atoms with E-state index in [9.17, 15) is 4.79 Å². The first-order chi connectivity index (χ1) is 8.60. The van der Waals surface area contributed by atoms with Gasteiger partial charge in [0.25, 0.3) is 0 Å². The number of aromatic nitrogens is 2. The number of anilines is 1. The molecule has 0 saturated carbocycles. The number of likely N-dealkylation sites (tertiary alicyclic amines) is 1. The van der Waals surface area contributed by atoms with Crippen molar-refractivity contribution in [1.82, 2.24) is 14.9 Å². The molecule has 0 spiro atoms. The topological polar surface area (TPSA) is 67.3 Å². The Balaban J connectivity index is 2.11. The Kier molecular flexibility index (Phi) is 3.64. The maximum absolute atomic E-state index is 11.8. The monoisotopic (exact) mass is 250 g/mol. The molecule has 1 saturated heterocycles. The Bertz CT molecular complexity index is 450. The fraction of sp³-hybridized carbons (Fsp3) is 0.583. The lowest BCUT2D eigenvalue weighted by atomic mass is 10.2. The van der Waals surface area contributed by atoms with E-state index in [0.29, 0.717) is 24.1 Å². The SMILES string of the molecule is CCOc1cc(NC2CCN(C)C2=O)nc(C)n1. The van der Waals surface area contributed by atoms with Crippen LogP contribution in [0.4, 0.5) is 5.82 Å². The van der Waals surface area contributed by atoms with Crippen molar-refractivity contribution in [3.63, 3.8) is 0 Å². The molecule has 0 aliphatic carbocycles. The van der Waals surface area contributed by atoms with E-state index in [2.05, 4.69) is 15.3 Å². The second kappa shape index (κ2) is 5.20. The number of aryl methyl sites for hydroxylation is 1. The van der Waals surface area contributed by atoms with E-state index in [1.54, 1.807) is 24.9 Å². The number of hydrogen-bond donors (Lipinski definition) is 1. The summed E-state index contributed by atoms with van der Waals surface area (Å²) in [5.74, 6) is 1.90. The first-order valence-electron chi connectivity index (χ1n) is 6.10. The second-order valence-electron chi connectivity index (χ2n) is 4.32. The van der Waals surface area contributed by atoms with E-state index in [4.69, 9.17) is 4.74 Å². The fourth-order valence-electron chi connectivity index (χ4n) is 1.97. The Morgan fingerprint density at radius 1 is 1.56 bits per heavy atom. The van der Waals surface area contributed by atoms with Crippen LogP contribution >= 0.6 is 0 Å². The van der Waals surface area contributed by atoms with Crippen molar-refractivity contribution in [2.45, 2.75) is 26.3 Å². The van der Waals surface area contributed by atoms with E-state index in [-0.39, 0.29) is 11.9 Å². The lowest BCUT2D eigenvalue weighted by molar-refractivity contribution is -0.127. The van der Waals surface area contributed by atoms with Gasteiger partial charge in [0.2, 0.25) is 11.8 Å². The molecule has 0 aromatic carbocycles. The molecule has 1 aliphatic rings. The van der Waals surface area contributed by atoms with Crippen molar-refractivity contribution in [2.75, 3.05) is 25.5 Å². The van der Waals surface area contributed by atoms with Gasteiger partial charge in [-0.05, 0) is 20.3 Å². The van der Waals surface area contributed by atoms with Crippen molar-refractivity contribution in [2.24, 2.45) is 0 Å². The van der Waals surface area contributed by atoms with Crippen molar-refractivity contribution in [3.8, 4) is 5.88 Å². The van der Waals surface area contributed by atoms with Crippen LogP contribution in [0.5, 0.6) is 5.88 Å². The molecule has 6 heteroatoms. The predicted octanol–water partition coefficient (Wildman–Crippen LogP) is 0.826. The van der Waals surface area contributed by atoms with Crippen LogP contribution < -0.4 is 10.1 Å². The van der Waals surface area contributed by atoms with E-state index < -0.39 is 0 Å². The second-order valence-corrected chi connectivity index (χ2v) is 4.32. The maximum Gasteiger partial charge on any atom is 0.244 e. The number of carbonyl (C=O) groups excluding carboxylic acids is 1. The summed E-state index contributed by atoms with van der Waals surface area (Å²) >= 11 is 0. The highest BCUT2D eigenvalue weighted by atomic mass is 16.5. The molecule has 1 N–H and O–H groups in total. The van der Waals surface area contributed by atoms with Crippen LogP contribution in [0.3, 0.4) is 0 Å². The van der Waals surface area contributed by atoms with E-state index in [1.807, 2.05) is 6.92 Å². The zero-order chi connectivity index (χ0) is 13.1. The molecule has 1 aliphatic heterocycles. The molecule has 0 radical (unpaired) electrons. The summed E-state index contributed by atoms with van der Waals surface area (Å²) < 4.78 is 5.35. The largest absolute Gasteiger partial charge is 0.478 e. The molecular weight excluding hydrogens is 232 g/mol. The minimum Gasteiger partial charge on any atom is -0.478 e. The summed E-state index contributed by atoms with van der Waals surface area (Å²) in [6.45, 7) is 5.04. The Morgan fingerprint density at radius 3 is 2.94 bits per heavy atom. The van der Waals surface area contributed by atoms with Crippen LogP contribution in [0.25, 0.3) is 0 Å². The summed E-state index contributed by atoms with van der Waals surface area (Å²) in [5.41, 5.74) is 0.